The van der Waals surface area contributed by atoms with Gasteiger partial charge in [-0.1, -0.05) is 6.07 Å². The molecule has 1 aliphatic rings. The Bertz CT molecular complexity index is 968. The summed E-state index contributed by atoms with van der Waals surface area (Å²) in [6, 6.07) is 7.78. The lowest BCUT2D eigenvalue weighted by molar-refractivity contribution is 0.0946. The number of aromatic nitrogens is 3. The largest absolute Gasteiger partial charge is 0.489 e. The number of aryl methyl sites for hydroxylation is 1. The lowest BCUT2D eigenvalue weighted by atomic mass is 10.0. The Hall–Kier alpha value is -3.35. The molecule has 1 amide bonds. The summed E-state index contributed by atoms with van der Waals surface area (Å²) in [5, 5.41) is 7.09. The van der Waals surface area contributed by atoms with E-state index in [1.54, 1.807) is 23.3 Å². The molecule has 3 aromatic rings. The number of ether oxygens (including phenoxy) is 1. The Morgan fingerprint density at radius 1 is 1.26 bits per heavy atom. The second-order valence-corrected chi connectivity index (χ2v) is 6.59. The first-order valence-electron chi connectivity index (χ1n) is 8.80. The Morgan fingerprint density at radius 3 is 2.89 bits per heavy atom. The minimum Gasteiger partial charge on any atom is -0.489 e. The number of pyridine rings is 1. The molecule has 1 N–H and O–H groups in total. The number of hydrogen-bond acceptors (Lipinski definition) is 5. The van der Waals surface area contributed by atoms with Gasteiger partial charge in [0.25, 0.3) is 5.91 Å². The van der Waals surface area contributed by atoms with Crippen LogP contribution in [-0.2, 0) is 13.6 Å². The van der Waals surface area contributed by atoms with Crippen molar-refractivity contribution in [2.45, 2.75) is 6.54 Å². The third-order valence-electron chi connectivity index (χ3n) is 4.60. The fourth-order valence-corrected chi connectivity index (χ4v) is 3.16. The van der Waals surface area contributed by atoms with Gasteiger partial charge in [0.1, 0.15) is 6.61 Å². The molecule has 0 spiro atoms. The molecule has 1 aliphatic heterocycles. The number of nitrogens with zero attached hydrogens (tertiary/aromatic N) is 4. The number of carbonyl (C=O) groups is 1. The van der Waals surface area contributed by atoms with E-state index in [0.717, 1.165) is 28.9 Å². The van der Waals surface area contributed by atoms with Crippen LogP contribution < -0.4 is 15.0 Å². The molecule has 0 atom stereocenters. The third-order valence-corrected chi connectivity index (χ3v) is 4.60. The molecule has 27 heavy (non-hydrogen) atoms. The number of amides is 1. The molecule has 0 saturated heterocycles. The van der Waals surface area contributed by atoms with Crippen LogP contribution in [0.15, 0.2) is 49.1 Å². The zero-order chi connectivity index (χ0) is 18.8. The summed E-state index contributed by atoms with van der Waals surface area (Å²) < 4.78 is 7.57. The maximum Gasteiger partial charge on any atom is 0.255 e. The average Bonchev–Trinajstić information content (AvgIpc) is 3.12. The van der Waals surface area contributed by atoms with Crippen molar-refractivity contribution >= 4 is 11.6 Å². The van der Waals surface area contributed by atoms with Crippen LogP contribution in [0.2, 0.25) is 0 Å². The van der Waals surface area contributed by atoms with Crippen LogP contribution in [0.4, 0.5) is 5.69 Å². The predicted octanol–water partition coefficient (Wildman–Crippen LogP) is 2.24. The van der Waals surface area contributed by atoms with Gasteiger partial charge >= 0.3 is 0 Å². The van der Waals surface area contributed by atoms with Gasteiger partial charge in [-0.05, 0) is 23.8 Å². The Kier molecular flexibility index (Phi) is 4.50. The number of carbonyl (C=O) groups excluding carboxylic acids is 1. The van der Waals surface area contributed by atoms with Gasteiger partial charge in [-0.15, -0.1) is 0 Å². The Balaban J connectivity index is 1.69. The van der Waals surface area contributed by atoms with Crippen molar-refractivity contribution < 1.29 is 9.53 Å². The number of likely N-dealkylation sites (N-methyl/N-ethyl adjacent to an activating group) is 1. The van der Waals surface area contributed by atoms with E-state index in [-0.39, 0.29) is 5.91 Å². The first-order chi connectivity index (χ1) is 13.1. The van der Waals surface area contributed by atoms with Crippen LogP contribution in [0.1, 0.15) is 15.9 Å². The smallest absolute Gasteiger partial charge is 0.255 e. The summed E-state index contributed by atoms with van der Waals surface area (Å²) in [7, 11) is 3.86. The van der Waals surface area contributed by atoms with Crippen LogP contribution in [0, 0.1) is 0 Å². The molecule has 0 aliphatic carbocycles. The number of anilines is 1. The van der Waals surface area contributed by atoms with Crippen LogP contribution in [0.3, 0.4) is 0 Å². The van der Waals surface area contributed by atoms with E-state index in [2.05, 4.69) is 20.3 Å². The second-order valence-electron chi connectivity index (χ2n) is 6.59. The summed E-state index contributed by atoms with van der Waals surface area (Å²) in [5.74, 6) is 0.455. The lowest BCUT2D eigenvalue weighted by Crippen LogP contribution is -2.31. The predicted molar refractivity (Wildman–Crippen MR) is 103 cm³/mol. The number of benzene rings is 1. The Morgan fingerprint density at radius 2 is 2.15 bits per heavy atom. The molecule has 0 fully saturated rings. The van der Waals surface area contributed by atoms with E-state index in [1.807, 2.05) is 44.6 Å². The fourth-order valence-electron chi connectivity index (χ4n) is 3.16. The van der Waals surface area contributed by atoms with Crippen LogP contribution in [-0.4, -0.2) is 40.9 Å². The monoisotopic (exact) mass is 363 g/mol. The van der Waals surface area contributed by atoms with Gasteiger partial charge in [-0.25, -0.2) is 0 Å². The fraction of sp³-hybridized carbons (Fsp3) is 0.250. The van der Waals surface area contributed by atoms with Crippen molar-refractivity contribution in [1.29, 1.82) is 0 Å². The molecule has 0 radical (unpaired) electrons. The van der Waals surface area contributed by atoms with Crippen molar-refractivity contribution in [3.8, 4) is 16.9 Å². The van der Waals surface area contributed by atoms with Crippen molar-refractivity contribution in [3.63, 3.8) is 0 Å². The molecule has 138 valence electrons. The minimum absolute atomic E-state index is 0.170. The normalized spacial score (nSPS) is 13.0. The summed E-state index contributed by atoms with van der Waals surface area (Å²) in [6.07, 6.45) is 7.15. The van der Waals surface area contributed by atoms with E-state index in [1.165, 1.54) is 0 Å². The molecule has 0 saturated carbocycles. The first kappa shape index (κ1) is 17.1. The first-order valence-corrected chi connectivity index (χ1v) is 8.80. The van der Waals surface area contributed by atoms with Gasteiger partial charge in [0, 0.05) is 50.4 Å². The molecular weight excluding hydrogens is 342 g/mol. The summed E-state index contributed by atoms with van der Waals surface area (Å²) in [4.78, 5) is 19.2. The molecule has 2 aromatic heterocycles. The molecule has 0 unspecified atom stereocenters. The van der Waals surface area contributed by atoms with Crippen LogP contribution >= 0.6 is 0 Å². The molecular formula is C20H21N5O2. The highest BCUT2D eigenvalue weighted by atomic mass is 16.5. The highest BCUT2D eigenvalue weighted by molar-refractivity contribution is 6.00. The third kappa shape index (κ3) is 3.48. The molecule has 3 heterocycles. The highest BCUT2D eigenvalue weighted by Crippen LogP contribution is 2.38. The van der Waals surface area contributed by atoms with Gasteiger partial charge in [0.15, 0.2) is 5.75 Å². The van der Waals surface area contributed by atoms with Crippen molar-refractivity contribution in [3.05, 3.63) is 60.2 Å². The van der Waals surface area contributed by atoms with E-state index in [0.29, 0.717) is 24.5 Å². The highest BCUT2D eigenvalue weighted by Gasteiger charge is 2.24. The minimum atomic E-state index is -0.170. The van der Waals surface area contributed by atoms with Crippen molar-refractivity contribution in [2.24, 2.45) is 7.05 Å². The van der Waals surface area contributed by atoms with Gasteiger partial charge in [-0.2, -0.15) is 5.10 Å². The molecule has 7 heteroatoms. The summed E-state index contributed by atoms with van der Waals surface area (Å²) in [6.45, 7) is 1.74. The number of nitrogens with one attached hydrogen (secondary N) is 1. The number of fused-ring (bicyclic) bond motifs is 1. The standard InChI is InChI=1S/C20H21N5O2/c1-24-6-7-27-19-17(20(26)22-10-14-11-23-25(2)13-14)8-16(9-18(19)24)15-4-3-5-21-12-15/h3-5,8-9,11-13H,6-7,10H2,1-2H3,(H,22,26). The molecule has 4 rings (SSSR count). The second kappa shape index (κ2) is 7.11. The quantitative estimate of drug-likeness (QED) is 0.770. The zero-order valence-electron chi connectivity index (χ0n) is 15.3. The van der Waals surface area contributed by atoms with Crippen LogP contribution in [0.5, 0.6) is 5.75 Å². The molecule has 0 bridgehead atoms. The number of hydrogen-bond donors (Lipinski definition) is 1. The van der Waals surface area contributed by atoms with E-state index >= 15 is 0 Å². The lowest BCUT2D eigenvalue weighted by Gasteiger charge is -2.29. The Labute approximate surface area is 157 Å². The van der Waals surface area contributed by atoms with Gasteiger partial charge in [0.2, 0.25) is 0 Å². The molecule has 7 nitrogen and oxygen atoms in total. The average molecular weight is 363 g/mol. The SMILES string of the molecule is CN1CCOc2c(C(=O)NCc3cnn(C)c3)cc(-c3cccnc3)cc21. The zero-order valence-corrected chi connectivity index (χ0v) is 15.3. The topological polar surface area (TPSA) is 72.3 Å². The van der Waals surface area contributed by atoms with Gasteiger partial charge < -0.3 is 15.0 Å². The molecule has 1 aromatic carbocycles. The summed E-state index contributed by atoms with van der Waals surface area (Å²) in [5.41, 5.74) is 4.28. The van der Waals surface area contributed by atoms with Gasteiger partial charge in [0.05, 0.1) is 24.0 Å². The van der Waals surface area contributed by atoms with E-state index in [9.17, 15) is 4.79 Å². The maximum atomic E-state index is 12.9. The van der Waals surface area contributed by atoms with E-state index < -0.39 is 0 Å². The van der Waals surface area contributed by atoms with Crippen molar-refractivity contribution in [1.82, 2.24) is 20.1 Å². The van der Waals surface area contributed by atoms with E-state index in [4.69, 9.17) is 4.74 Å². The number of rotatable bonds is 4. The van der Waals surface area contributed by atoms with Gasteiger partial charge in [-0.3, -0.25) is 14.5 Å². The summed E-state index contributed by atoms with van der Waals surface area (Å²) >= 11 is 0. The maximum absolute atomic E-state index is 12.9. The van der Waals surface area contributed by atoms with Crippen LogP contribution in [0.25, 0.3) is 11.1 Å². The van der Waals surface area contributed by atoms with Crippen molar-refractivity contribution in [2.75, 3.05) is 25.1 Å².